The van der Waals surface area contributed by atoms with Gasteiger partial charge in [0.2, 0.25) is 0 Å². The number of anilines is 2. The number of para-hydroxylation sites is 1. The van der Waals surface area contributed by atoms with Gasteiger partial charge in [0.15, 0.2) is 0 Å². The fraction of sp³-hybridized carbons (Fsp3) is 0.458. The van der Waals surface area contributed by atoms with Crippen LogP contribution in [0.3, 0.4) is 0 Å². The van der Waals surface area contributed by atoms with Crippen LogP contribution in [-0.2, 0) is 17.7 Å². The number of ether oxygens (including phenoxy) is 1. The highest BCUT2D eigenvalue weighted by atomic mass is 16.5. The molecular formula is C24H32N4O. The van der Waals surface area contributed by atoms with Crippen molar-refractivity contribution in [1.82, 2.24) is 4.90 Å². The number of fused-ring (bicyclic) bond motifs is 1. The molecule has 29 heavy (non-hydrogen) atoms. The largest absolute Gasteiger partial charge is 0.381 e. The molecule has 0 unspecified atom stereocenters. The van der Waals surface area contributed by atoms with Gasteiger partial charge >= 0.3 is 0 Å². The lowest BCUT2D eigenvalue weighted by Gasteiger charge is -2.44. The first-order valence-corrected chi connectivity index (χ1v) is 10.6. The standard InChI is InChI=1S/C24H32N4O/c1-18-6-4-7-19(16-18)17-25-23-24(11-14-29-15-12-24)27-21-9-5-8-20(22(21)26-23)10-13-28(2)3/h4-9,16,27H,10-15,17H2,1-3H3,(H,25,26). The van der Waals surface area contributed by atoms with Gasteiger partial charge in [-0.05, 0) is 44.6 Å². The van der Waals surface area contributed by atoms with E-state index in [0.717, 1.165) is 44.9 Å². The van der Waals surface area contributed by atoms with Gasteiger partial charge in [0.05, 0.1) is 23.5 Å². The first kappa shape index (κ1) is 19.9. The minimum absolute atomic E-state index is 0.171. The predicted molar refractivity (Wildman–Crippen MR) is 121 cm³/mol. The van der Waals surface area contributed by atoms with Gasteiger partial charge in [-0.15, -0.1) is 0 Å². The minimum atomic E-state index is -0.171. The monoisotopic (exact) mass is 392 g/mol. The number of nitrogens with one attached hydrogen (secondary N) is 2. The van der Waals surface area contributed by atoms with Crippen LogP contribution in [-0.4, -0.2) is 50.1 Å². The fourth-order valence-electron chi connectivity index (χ4n) is 4.21. The molecule has 0 bridgehead atoms. The molecule has 2 heterocycles. The molecule has 2 aliphatic heterocycles. The molecule has 5 heteroatoms. The van der Waals surface area contributed by atoms with E-state index < -0.39 is 0 Å². The molecule has 1 saturated heterocycles. The molecule has 0 amide bonds. The van der Waals surface area contributed by atoms with Crippen molar-refractivity contribution in [3.05, 3.63) is 59.2 Å². The summed E-state index contributed by atoms with van der Waals surface area (Å²) in [5.74, 6) is 1.05. The molecule has 1 spiro atoms. The highest BCUT2D eigenvalue weighted by molar-refractivity contribution is 6.10. The number of likely N-dealkylation sites (N-methyl/N-ethyl adjacent to an activating group) is 1. The topological polar surface area (TPSA) is 48.9 Å². The zero-order chi connectivity index (χ0) is 20.3. The quantitative estimate of drug-likeness (QED) is 0.805. The zero-order valence-corrected chi connectivity index (χ0v) is 17.8. The lowest BCUT2D eigenvalue weighted by atomic mass is 9.85. The van der Waals surface area contributed by atoms with E-state index in [9.17, 15) is 0 Å². The van der Waals surface area contributed by atoms with Crippen LogP contribution < -0.4 is 10.6 Å². The molecule has 154 valence electrons. The molecule has 2 aromatic rings. The molecule has 0 atom stereocenters. The number of hydrogen-bond donors (Lipinski definition) is 2. The normalized spacial score (nSPS) is 19.1. The smallest absolute Gasteiger partial charge is 0.127 e. The molecule has 0 saturated carbocycles. The van der Waals surface area contributed by atoms with Gasteiger partial charge in [0, 0.05) is 32.6 Å². The summed E-state index contributed by atoms with van der Waals surface area (Å²) in [5.41, 5.74) is 6.03. The Balaban J connectivity index is 1.66. The molecule has 5 nitrogen and oxygen atoms in total. The fourth-order valence-corrected chi connectivity index (χ4v) is 4.21. The third kappa shape index (κ3) is 4.46. The average molecular weight is 393 g/mol. The molecule has 0 aliphatic carbocycles. The Hall–Kier alpha value is -2.37. The van der Waals surface area contributed by atoms with Gasteiger partial charge in [0.1, 0.15) is 5.84 Å². The summed E-state index contributed by atoms with van der Waals surface area (Å²) in [6, 6.07) is 15.2. The van der Waals surface area contributed by atoms with Crippen molar-refractivity contribution in [1.29, 1.82) is 0 Å². The maximum absolute atomic E-state index is 5.67. The second kappa shape index (κ2) is 8.56. The molecule has 4 rings (SSSR count). The zero-order valence-electron chi connectivity index (χ0n) is 17.8. The molecular weight excluding hydrogens is 360 g/mol. The van der Waals surface area contributed by atoms with E-state index in [0.29, 0.717) is 6.54 Å². The van der Waals surface area contributed by atoms with E-state index in [-0.39, 0.29) is 5.54 Å². The SMILES string of the molecule is Cc1cccc(CN=C2Nc3c(CCN(C)C)cccc3NC23CCOCC3)c1. The molecule has 1 fully saturated rings. The molecule has 0 aromatic heterocycles. The van der Waals surface area contributed by atoms with Crippen molar-refractivity contribution in [2.24, 2.45) is 4.99 Å². The lowest BCUT2D eigenvalue weighted by molar-refractivity contribution is 0.0778. The predicted octanol–water partition coefficient (Wildman–Crippen LogP) is 4.08. The van der Waals surface area contributed by atoms with E-state index in [1.807, 2.05) is 0 Å². The summed E-state index contributed by atoms with van der Waals surface area (Å²) in [5, 5.41) is 7.60. The van der Waals surface area contributed by atoms with Crippen LogP contribution >= 0.6 is 0 Å². The van der Waals surface area contributed by atoms with Crippen molar-refractivity contribution in [2.45, 2.75) is 38.3 Å². The van der Waals surface area contributed by atoms with Crippen molar-refractivity contribution < 1.29 is 4.74 Å². The van der Waals surface area contributed by atoms with Crippen LogP contribution in [0.4, 0.5) is 11.4 Å². The van der Waals surface area contributed by atoms with Gasteiger partial charge in [0.25, 0.3) is 0 Å². The van der Waals surface area contributed by atoms with E-state index in [4.69, 9.17) is 9.73 Å². The highest BCUT2D eigenvalue weighted by Gasteiger charge is 2.41. The van der Waals surface area contributed by atoms with Crippen molar-refractivity contribution >= 4 is 17.2 Å². The van der Waals surface area contributed by atoms with Gasteiger partial charge in [-0.25, -0.2) is 0 Å². The van der Waals surface area contributed by atoms with E-state index in [1.165, 1.54) is 28.1 Å². The van der Waals surface area contributed by atoms with Crippen LogP contribution in [0.15, 0.2) is 47.5 Å². The Bertz CT molecular complexity index is 884. The molecule has 0 radical (unpaired) electrons. The Morgan fingerprint density at radius 1 is 1.10 bits per heavy atom. The van der Waals surface area contributed by atoms with Crippen molar-refractivity contribution in [3.63, 3.8) is 0 Å². The molecule has 2 aromatic carbocycles. The second-order valence-electron chi connectivity index (χ2n) is 8.49. The summed E-state index contributed by atoms with van der Waals surface area (Å²) in [4.78, 5) is 7.31. The van der Waals surface area contributed by atoms with Gasteiger partial charge in [-0.3, -0.25) is 4.99 Å². The first-order valence-electron chi connectivity index (χ1n) is 10.6. The number of nitrogens with zero attached hydrogens (tertiary/aromatic N) is 2. The maximum atomic E-state index is 5.67. The Labute approximate surface area is 174 Å². The van der Waals surface area contributed by atoms with Crippen LogP contribution in [0.2, 0.25) is 0 Å². The van der Waals surface area contributed by atoms with Gasteiger partial charge < -0.3 is 20.3 Å². The lowest BCUT2D eigenvalue weighted by Crippen LogP contribution is -2.56. The number of benzene rings is 2. The number of hydrogen-bond acceptors (Lipinski definition) is 4. The van der Waals surface area contributed by atoms with E-state index in [2.05, 4.69) is 79.0 Å². The minimum Gasteiger partial charge on any atom is -0.381 e. The van der Waals surface area contributed by atoms with E-state index in [1.54, 1.807) is 0 Å². The number of aryl methyl sites for hydroxylation is 1. The Morgan fingerprint density at radius 3 is 2.66 bits per heavy atom. The maximum Gasteiger partial charge on any atom is 0.127 e. The van der Waals surface area contributed by atoms with Crippen molar-refractivity contribution in [3.8, 4) is 0 Å². The summed E-state index contributed by atoms with van der Waals surface area (Å²) >= 11 is 0. The van der Waals surface area contributed by atoms with Crippen LogP contribution in [0.5, 0.6) is 0 Å². The second-order valence-corrected chi connectivity index (χ2v) is 8.49. The van der Waals surface area contributed by atoms with Gasteiger partial charge in [-0.1, -0.05) is 42.0 Å². The third-order valence-electron chi connectivity index (χ3n) is 5.90. The summed E-state index contributed by atoms with van der Waals surface area (Å²) in [7, 11) is 4.24. The molecule has 2 aliphatic rings. The Morgan fingerprint density at radius 2 is 1.90 bits per heavy atom. The van der Waals surface area contributed by atoms with E-state index >= 15 is 0 Å². The van der Waals surface area contributed by atoms with Crippen LogP contribution in [0.25, 0.3) is 0 Å². The Kier molecular flexibility index (Phi) is 5.88. The highest BCUT2D eigenvalue weighted by Crippen LogP contribution is 2.38. The third-order valence-corrected chi connectivity index (χ3v) is 5.90. The summed E-state index contributed by atoms with van der Waals surface area (Å²) in [6.07, 6.45) is 2.86. The average Bonchev–Trinajstić information content (AvgIpc) is 2.71. The summed E-state index contributed by atoms with van der Waals surface area (Å²) in [6.45, 7) is 5.35. The van der Waals surface area contributed by atoms with Crippen molar-refractivity contribution in [2.75, 3.05) is 44.5 Å². The summed E-state index contributed by atoms with van der Waals surface area (Å²) < 4.78 is 5.67. The number of aliphatic imine (C=N–C) groups is 1. The van der Waals surface area contributed by atoms with Crippen LogP contribution in [0, 0.1) is 6.92 Å². The number of amidine groups is 1. The van der Waals surface area contributed by atoms with Gasteiger partial charge in [-0.2, -0.15) is 0 Å². The first-order chi connectivity index (χ1) is 14.1. The molecule has 2 N–H and O–H groups in total. The van der Waals surface area contributed by atoms with Crippen LogP contribution in [0.1, 0.15) is 29.5 Å². The number of rotatable bonds is 5.